The zero-order valence-corrected chi connectivity index (χ0v) is 14.9. The summed E-state index contributed by atoms with van der Waals surface area (Å²) in [6.45, 7) is 4.42. The Morgan fingerprint density at radius 3 is 2.92 bits per heavy atom. The van der Waals surface area contributed by atoms with E-state index in [2.05, 4.69) is 31.7 Å². The molecule has 0 saturated heterocycles. The van der Waals surface area contributed by atoms with E-state index in [0.29, 0.717) is 17.6 Å². The van der Waals surface area contributed by atoms with Crippen LogP contribution in [0.15, 0.2) is 53.4 Å². The summed E-state index contributed by atoms with van der Waals surface area (Å²) in [5.41, 5.74) is 0.906. The number of halogens is 1. The number of nitrogens with zero attached hydrogens (tertiary/aromatic N) is 6. The number of pyridine rings is 1. The van der Waals surface area contributed by atoms with Gasteiger partial charge in [0.25, 0.3) is 0 Å². The molecule has 0 atom stereocenters. The van der Waals surface area contributed by atoms with Crippen molar-refractivity contribution in [2.75, 3.05) is 0 Å². The smallest absolute Gasteiger partial charge is 0.198 e. The molecule has 1 saturated carbocycles. The molecule has 3 heterocycles. The maximum atomic E-state index is 6.16. The highest BCUT2D eigenvalue weighted by Gasteiger charge is 2.27. The van der Waals surface area contributed by atoms with Gasteiger partial charge in [0.1, 0.15) is 16.0 Å². The van der Waals surface area contributed by atoms with Crippen LogP contribution < -0.4 is 0 Å². The maximum absolute atomic E-state index is 6.16. The van der Waals surface area contributed by atoms with Crippen LogP contribution in [0.3, 0.4) is 0 Å². The normalized spacial score (nSPS) is 13.8. The van der Waals surface area contributed by atoms with Gasteiger partial charge in [0, 0.05) is 36.5 Å². The van der Waals surface area contributed by atoms with Gasteiger partial charge in [-0.2, -0.15) is 0 Å². The minimum Gasteiger partial charge on any atom is -0.298 e. The quantitative estimate of drug-likeness (QED) is 0.482. The highest BCUT2D eigenvalue weighted by Crippen LogP contribution is 2.39. The summed E-state index contributed by atoms with van der Waals surface area (Å²) in [6.07, 6.45) is 7.57. The molecule has 1 aliphatic carbocycles. The summed E-state index contributed by atoms with van der Waals surface area (Å²) < 4.78 is 1.99. The zero-order chi connectivity index (χ0) is 17.2. The molecule has 4 rings (SSSR count). The van der Waals surface area contributed by atoms with Crippen molar-refractivity contribution in [3.05, 3.63) is 54.2 Å². The second-order valence-corrected chi connectivity index (χ2v) is 7.09. The number of hydrogen-bond donors (Lipinski definition) is 0. The first kappa shape index (κ1) is 16.2. The summed E-state index contributed by atoms with van der Waals surface area (Å²) in [5, 5.41) is 10.6. The Morgan fingerprint density at radius 2 is 2.20 bits per heavy atom. The number of hydrogen-bond acceptors (Lipinski definition) is 6. The van der Waals surface area contributed by atoms with Crippen molar-refractivity contribution >= 4 is 23.4 Å². The molecule has 25 heavy (non-hydrogen) atoms. The first-order valence-electron chi connectivity index (χ1n) is 7.91. The Balaban J connectivity index is 1.69. The Kier molecular flexibility index (Phi) is 4.50. The highest BCUT2D eigenvalue weighted by molar-refractivity contribution is 7.99. The predicted molar refractivity (Wildman–Crippen MR) is 96.6 cm³/mol. The number of aromatic nitrogens is 6. The lowest BCUT2D eigenvalue weighted by atomic mass is 10.3. The van der Waals surface area contributed by atoms with Crippen LogP contribution >= 0.6 is 23.4 Å². The average Bonchev–Trinajstić information content (AvgIpc) is 3.40. The fraction of sp³-hybridized carbons (Fsp3) is 0.235. The van der Waals surface area contributed by atoms with E-state index in [4.69, 9.17) is 11.6 Å². The third-order valence-electron chi connectivity index (χ3n) is 3.78. The molecule has 0 aromatic carbocycles. The largest absolute Gasteiger partial charge is 0.298 e. The van der Waals surface area contributed by atoms with Gasteiger partial charge in [0.2, 0.25) is 0 Å². The molecule has 1 fully saturated rings. The molecule has 0 spiro atoms. The molecule has 6 nitrogen and oxygen atoms in total. The second kappa shape index (κ2) is 6.93. The lowest BCUT2D eigenvalue weighted by Crippen LogP contribution is -2.01. The topological polar surface area (TPSA) is 69.4 Å². The predicted octanol–water partition coefficient (Wildman–Crippen LogP) is 4.00. The first-order valence-corrected chi connectivity index (χ1v) is 9.11. The van der Waals surface area contributed by atoms with Gasteiger partial charge in [-0.05, 0) is 36.7 Å². The van der Waals surface area contributed by atoms with E-state index >= 15 is 0 Å². The van der Waals surface area contributed by atoms with Gasteiger partial charge in [-0.15, -0.1) is 16.8 Å². The third-order valence-corrected chi connectivity index (χ3v) is 4.87. The summed E-state index contributed by atoms with van der Waals surface area (Å²) in [4.78, 5) is 13.1. The standard InChI is InChI=1S/C17H15ClN6S/c1-2-8-24-16(12-4-3-7-19-10-12)22-23-17(24)25-14-9-13(18)20-15(21-14)11-5-6-11/h2-4,7,9-11H,1,5-6,8H2. The van der Waals surface area contributed by atoms with E-state index in [1.807, 2.05) is 22.8 Å². The summed E-state index contributed by atoms with van der Waals surface area (Å²) in [5.74, 6) is 2.00. The molecule has 1 aliphatic rings. The van der Waals surface area contributed by atoms with Crippen molar-refractivity contribution in [1.29, 1.82) is 0 Å². The van der Waals surface area contributed by atoms with Gasteiger partial charge in [-0.1, -0.05) is 17.7 Å². The fourth-order valence-corrected chi connectivity index (χ4v) is 3.55. The highest BCUT2D eigenvalue weighted by atomic mass is 35.5. The monoisotopic (exact) mass is 370 g/mol. The molecule has 0 radical (unpaired) electrons. The van der Waals surface area contributed by atoms with Crippen LogP contribution in [0.1, 0.15) is 24.6 Å². The Bertz CT molecular complexity index is 907. The zero-order valence-electron chi connectivity index (χ0n) is 13.3. The van der Waals surface area contributed by atoms with E-state index in [9.17, 15) is 0 Å². The van der Waals surface area contributed by atoms with Gasteiger partial charge >= 0.3 is 0 Å². The summed E-state index contributed by atoms with van der Waals surface area (Å²) in [6, 6.07) is 5.59. The van der Waals surface area contributed by atoms with Crippen LogP contribution in [0.5, 0.6) is 0 Å². The second-order valence-electron chi connectivity index (χ2n) is 5.71. The Hall–Kier alpha value is -2.25. The number of rotatable bonds is 6. The van der Waals surface area contributed by atoms with E-state index in [0.717, 1.165) is 40.2 Å². The Labute approximate surface area is 154 Å². The van der Waals surface area contributed by atoms with Crippen molar-refractivity contribution in [2.45, 2.75) is 35.5 Å². The minimum absolute atomic E-state index is 0.440. The Morgan fingerprint density at radius 1 is 1.32 bits per heavy atom. The van der Waals surface area contributed by atoms with Crippen molar-refractivity contribution < 1.29 is 0 Å². The van der Waals surface area contributed by atoms with Crippen LogP contribution in [0, 0.1) is 0 Å². The average molecular weight is 371 g/mol. The summed E-state index contributed by atoms with van der Waals surface area (Å²) >= 11 is 7.59. The van der Waals surface area contributed by atoms with Crippen LogP contribution in [0.25, 0.3) is 11.4 Å². The molecule has 0 bridgehead atoms. The van der Waals surface area contributed by atoms with Crippen LogP contribution in [-0.2, 0) is 6.54 Å². The third kappa shape index (κ3) is 3.57. The summed E-state index contributed by atoms with van der Waals surface area (Å²) in [7, 11) is 0. The molecule has 0 amide bonds. The van der Waals surface area contributed by atoms with E-state index < -0.39 is 0 Å². The minimum atomic E-state index is 0.440. The van der Waals surface area contributed by atoms with Gasteiger partial charge in [-0.3, -0.25) is 9.55 Å². The van der Waals surface area contributed by atoms with Gasteiger partial charge < -0.3 is 0 Å². The van der Waals surface area contributed by atoms with Gasteiger partial charge in [0.15, 0.2) is 11.0 Å². The molecule has 0 unspecified atom stereocenters. The van der Waals surface area contributed by atoms with Crippen molar-refractivity contribution in [1.82, 2.24) is 29.7 Å². The molecular weight excluding hydrogens is 356 g/mol. The molecule has 0 N–H and O–H groups in total. The van der Waals surface area contributed by atoms with E-state index in [-0.39, 0.29) is 0 Å². The lowest BCUT2D eigenvalue weighted by Gasteiger charge is -2.08. The first-order chi connectivity index (χ1) is 12.2. The molecule has 3 aromatic heterocycles. The fourth-order valence-electron chi connectivity index (χ4n) is 2.45. The molecule has 0 aliphatic heterocycles. The molecule has 3 aromatic rings. The lowest BCUT2D eigenvalue weighted by molar-refractivity contribution is 0.729. The molecular formula is C17H15ClN6S. The van der Waals surface area contributed by atoms with Crippen molar-refractivity contribution in [3.63, 3.8) is 0 Å². The van der Waals surface area contributed by atoms with Gasteiger partial charge in [-0.25, -0.2) is 9.97 Å². The van der Waals surface area contributed by atoms with E-state index in [1.54, 1.807) is 18.5 Å². The van der Waals surface area contributed by atoms with Crippen LogP contribution in [0.4, 0.5) is 0 Å². The van der Waals surface area contributed by atoms with Crippen LogP contribution in [0.2, 0.25) is 5.15 Å². The van der Waals surface area contributed by atoms with Gasteiger partial charge in [0.05, 0.1) is 0 Å². The maximum Gasteiger partial charge on any atom is 0.198 e. The van der Waals surface area contributed by atoms with Crippen molar-refractivity contribution in [3.8, 4) is 11.4 Å². The molecule has 8 heteroatoms. The number of allylic oxidation sites excluding steroid dienone is 1. The molecule has 126 valence electrons. The van der Waals surface area contributed by atoms with Crippen LogP contribution in [-0.4, -0.2) is 29.7 Å². The van der Waals surface area contributed by atoms with E-state index in [1.165, 1.54) is 11.8 Å². The SMILES string of the molecule is C=CCn1c(Sc2cc(Cl)nc(C3CC3)n2)nnc1-c1cccnc1. The van der Waals surface area contributed by atoms with Crippen molar-refractivity contribution in [2.24, 2.45) is 0 Å².